The Morgan fingerprint density at radius 1 is 1.25 bits per heavy atom. The molecule has 1 aromatic rings. The highest BCUT2D eigenvalue weighted by molar-refractivity contribution is 6.02. The van der Waals surface area contributed by atoms with Crippen molar-refractivity contribution in [1.82, 2.24) is 15.1 Å². The van der Waals surface area contributed by atoms with Crippen LogP contribution >= 0.6 is 0 Å². The molecule has 0 aliphatic carbocycles. The van der Waals surface area contributed by atoms with Gasteiger partial charge in [-0.15, -0.1) is 0 Å². The Kier molecular flexibility index (Phi) is 4.83. The Bertz CT molecular complexity index is 635. The average Bonchev–Trinajstić information content (AvgIpc) is 2.92. The standard InChI is InChI=1S/C18H23N3O3/c1-13-3-2-4-14(11-13)5-6-16(22)20-9-7-15(8-10-20)21-17(23)12-19-18(21)24/h2-4,11,15H,5-10,12H2,1H3,(H,19,24). The van der Waals surface area contributed by atoms with Gasteiger partial charge in [0.1, 0.15) is 0 Å². The number of hydrogen-bond donors (Lipinski definition) is 1. The third-order valence-electron chi connectivity index (χ3n) is 4.77. The van der Waals surface area contributed by atoms with Gasteiger partial charge in [-0.3, -0.25) is 14.5 Å². The molecule has 2 heterocycles. The van der Waals surface area contributed by atoms with E-state index in [1.807, 2.05) is 30.0 Å². The predicted octanol–water partition coefficient (Wildman–Crippen LogP) is 1.47. The number of imide groups is 1. The van der Waals surface area contributed by atoms with Crippen LogP contribution in [-0.2, 0) is 16.0 Å². The molecular formula is C18H23N3O3. The molecule has 0 unspecified atom stereocenters. The lowest BCUT2D eigenvalue weighted by molar-refractivity contribution is -0.133. The number of nitrogens with one attached hydrogen (secondary N) is 1. The maximum atomic E-state index is 12.4. The van der Waals surface area contributed by atoms with Crippen molar-refractivity contribution in [3.8, 4) is 0 Å². The summed E-state index contributed by atoms with van der Waals surface area (Å²) < 4.78 is 0. The van der Waals surface area contributed by atoms with Crippen LogP contribution in [0.5, 0.6) is 0 Å². The van der Waals surface area contributed by atoms with Crippen molar-refractivity contribution in [2.75, 3.05) is 19.6 Å². The third-order valence-corrected chi connectivity index (χ3v) is 4.77. The molecule has 24 heavy (non-hydrogen) atoms. The lowest BCUT2D eigenvalue weighted by Gasteiger charge is -2.35. The second kappa shape index (κ2) is 7.03. The number of carbonyl (C=O) groups is 3. The number of rotatable bonds is 4. The zero-order valence-corrected chi connectivity index (χ0v) is 14.0. The fourth-order valence-corrected chi connectivity index (χ4v) is 3.45. The summed E-state index contributed by atoms with van der Waals surface area (Å²) in [4.78, 5) is 39.0. The summed E-state index contributed by atoms with van der Waals surface area (Å²) in [6.07, 6.45) is 2.56. The number of piperidine rings is 1. The molecule has 0 radical (unpaired) electrons. The van der Waals surface area contributed by atoms with Gasteiger partial charge in [0.25, 0.3) is 0 Å². The van der Waals surface area contributed by atoms with E-state index in [1.165, 1.54) is 16.0 Å². The second-order valence-electron chi connectivity index (χ2n) is 6.52. The van der Waals surface area contributed by atoms with Crippen molar-refractivity contribution >= 4 is 17.8 Å². The number of hydrogen-bond acceptors (Lipinski definition) is 3. The summed E-state index contributed by atoms with van der Waals surface area (Å²) in [7, 11) is 0. The topological polar surface area (TPSA) is 69.7 Å². The van der Waals surface area contributed by atoms with E-state index in [9.17, 15) is 14.4 Å². The third kappa shape index (κ3) is 3.58. The van der Waals surface area contributed by atoms with Gasteiger partial charge >= 0.3 is 6.03 Å². The highest BCUT2D eigenvalue weighted by atomic mass is 16.2. The second-order valence-corrected chi connectivity index (χ2v) is 6.52. The Morgan fingerprint density at radius 3 is 2.62 bits per heavy atom. The smallest absolute Gasteiger partial charge is 0.324 e. The number of urea groups is 1. The molecule has 4 amide bonds. The Balaban J connectivity index is 1.48. The summed E-state index contributed by atoms with van der Waals surface area (Å²) in [5.74, 6) is -0.0172. The molecule has 0 aromatic heterocycles. The van der Waals surface area contributed by atoms with Crippen molar-refractivity contribution in [3.63, 3.8) is 0 Å². The van der Waals surface area contributed by atoms with Gasteiger partial charge in [-0.05, 0) is 31.7 Å². The van der Waals surface area contributed by atoms with Gasteiger partial charge in [-0.2, -0.15) is 0 Å². The first-order chi connectivity index (χ1) is 11.5. The zero-order valence-electron chi connectivity index (χ0n) is 14.0. The molecule has 2 fully saturated rings. The van der Waals surface area contributed by atoms with Crippen molar-refractivity contribution in [3.05, 3.63) is 35.4 Å². The van der Waals surface area contributed by atoms with Crippen LogP contribution in [0.15, 0.2) is 24.3 Å². The Hall–Kier alpha value is -2.37. The van der Waals surface area contributed by atoms with Gasteiger partial charge in [-0.25, -0.2) is 4.79 Å². The highest BCUT2D eigenvalue weighted by Gasteiger charge is 2.37. The van der Waals surface area contributed by atoms with Gasteiger partial charge in [0.05, 0.1) is 6.54 Å². The molecular weight excluding hydrogens is 306 g/mol. The largest absolute Gasteiger partial charge is 0.343 e. The maximum Gasteiger partial charge on any atom is 0.324 e. The summed E-state index contributed by atoms with van der Waals surface area (Å²) in [6.45, 7) is 3.35. The van der Waals surface area contributed by atoms with E-state index in [0.717, 1.165) is 6.42 Å². The molecule has 3 rings (SSSR count). The number of nitrogens with zero attached hydrogens (tertiary/aromatic N) is 2. The molecule has 6 nitrogen and oxygen atoms in total. The minimum absolute atomic E-state index is 0.0826. The van der Waals surface area contributed by atoms with Crippen LogP contribution in [0.25, 0.3) is 0 Å². The molecule has 128 valence electrons. The molecule has 0 spiro atoms. The van der Waals surface area contributed by atoms with Crippen LogP contribution in [-0.4, -0.2) is 53.3 Å². The van der Waals surface area contributed by atoms with Gasteiger partial charge in [-0.1, -0.05) is 29.8 Å². The van der Waals surface area contributed by atoms with Gasteiger partial charge in [0.2, 0.25) is 11.8 Å². The minimum atomic E-state index is -0.302. The maximum absolute atomic E-state index is 12.4. The Morgan fingerprint density at radius 2 is 2.00 bits per heavy atom. The average molecular weight is 329 g/mol. The summed E-state index contributed by atoms with van der Waals surface area (Å²) in [6, 6.07) is 7.83. The molecule has 1 aromatic carbocycles. The van der Waals surface area contributed by atoms with E-state index in [1.54, 1.807) is 0 Å². The first kappa shape index (κ1) is 16.5. The number of carbonyl (C=O) groups excluding carboxylic acids is 3. The predicted molar refractivity (Wildman–Crippen MR) is 89.3 cm³/mol. The van der Waals surface area contributed by atoms with Crippen LogP contribution in [0, 0.1) is 6.92 Å². The van der Waals surface area contributed by atoms with Gasteiger partial charge in [0, 0.05) is 25.6 Å². The number of benzene rings is 1. The van der Waals surface area contributed by atoms with Crippen molar-refractivity contribution in [1.29, 1.82) is 0 Å². The number of likely N-dealkylation sites (tertiary alicyclic amines) is 1. The van der Waals surface area contributed by atoms with Crippen LogP contribution in [0.2, 0.25) is 0 Å². The first-order valence-corrected chi connectivity index (χ1v) is 8.48. The molecule has 0 bridgehead atoms. The molecule has 2 saturated heterocycles. The summed E-state index contributed by atoms with van der Waals surface area (Å²) in [5, 5.41) is 2.55. The lowest BCUT2D eigenvalue weighted by atomic mass is 10.0. The molecule has 6 heteroatoms. The fourth-order valence-electron chi connectivity index (χ4n) is 3.45. The van der Waals surface area contributed by atoms with E-state index in [2.05, 4.69) is 11.4 Å². The van der Waals surface area contributed by atoms with Gasteiger partial charge < -0.3 is 10.2 Å². The molecule has 1 N–H and O–H groups in total. The quantitative estimate of drug-likeness (QED) is 0.851. The van der Waals surface area contributed by atoms with Crippen LogP contribution in [0.4, 0.5) is 4.79 Å². The van der Waals surface area contributed by atoms with Crippen molar-refractivity contribution in [2.45, 2.75) is 38.6 Å². The highest BCUT2D eigenvalue weighted by Crippen LogP contribution is 2.20. The van der Waals surface area contributed by atoms with Crippen molar-refractivity contribution < 1.29 is 14.4 Å². The lowest BCUT2D eigenvalue weighted by Crippen LogP contribution is -2.49. The fraction of sp³-hybridized carbons (Fsp3) is 0.500. The van der Waals surface area contributed by atoms with E-state index >= 15 is 0 Å². The summed E-state index contributed by atoms with van der Waals surface area (Å²) in [5.41, 5.74) is 2.38. The van der Waals surface area contributed by atoms with Crippen LogP contribution in [0.3, 0.4) is 0 Å². The van der Waals surface area contributed by atoms with Gasteiger partial charge in [0.15, 0.2) is 0 Å². The molecule has 0 saturated carbocycles. The van der Waals surface area contributed by atoms with Crippen LogP contribution in [0.1, 0.15) is 30.4 Å². The monoisotopic (exact) mass is 329 g/mol. The molecule has 2 aliphatic rings. The minimum Gasteiger partial charge on any atom is -0.343 e. The number of amides is 4. The molecule has 2 aliphatic heterocycles. The Labute approximate surface area is 141 Å². The zero-order chi connectivity index (χ0) is 17.1. The van der Waals surface area contributed by atoms with E-state index < -0.39 is 0 Å². The van der Waals surface area contributed by atoms with Crippen molar-refractivity contribution in [2.24, 2.45) is 0 Å². The van der Waals surface area contributed by atoms with Crippen LogP contribution < -0.4 is 5.32 Å². The molecule has 0 atom stereocenters. The first-order valence-electron chi connectivity index (χ1n) is 8.48. The normalized spacial score (nSPS) is 18.9. The number of aryl methyl sites for hydroxylation is 2. The van der Waals surface area contributed by atoms with E-state index in [-0.39, 0.29) is 30.4 Å². The van der Waals surface area contributed by atoms with E-state index in [0.29, 0.717) is 32.4 Å². The SMILES string of the molecule is Cc1cccc(CCC(=O)N2CCC(N3C(=O)CNC3=O)CC2)c1. The van der Waals surface area contributed by atoms with E-state index in [4.69, 9.17) is 0 Å². The summed E-state index contributed by atoms with van der Waals surface area (Å²) >= 11 is 0.